The molecule has 1 fully saturated rings. The highest BCUT2D eigenvalue weighted by molar-refractivity contribution is 14.0. The van der Waals surface area contributed by atoms with Crippen LogP contribution in [-0.4, -0.2) is 55.2 Å². The average molecular weight is 488 g/mol. The Morgan fingerprint density at radius 2 is 1.96 bits per heavy atom. The highest BCUT2D eigenvalue weighted by atomic mass is 127. The number of nitrogens with one attached hydrogen (secondary N) is 3. The Hall–Kier alpha value is -1.09. The van der Waals surface area contributed by atoms with Gasteiger partial charge in [0.05, 0.1) is 6.54 Å². The van der Waals surface area contributed by atoms with Crippen LogP contribution in [0.15, 0.2) is 23.2 Å². The Labute approximate surface area is 182 Å². The molecule has 0 saturated carbocycles. The molecule has 0 atom stereocenters. The van der Waals surface area contributed by atoms with E-state index in [0.717, 1.165) is 63.0 Å². The number of anilines is 1. The van der Waals surface area contributed by atoms with Gasteiger partial charge in [-0.1, -0.05) is 6.07 Å². The van der Waals surface area contributed by atoms with E-state index in [1.807, 2.05) is 13.0 Å². The minimum atomic E-state index is 0. The van der Waals surface area contributed by atoms with Gasteiger partial charge < -0.3 is 20.9 Å². The summed E-state index contributed by atoms with van der Waals surface area (Å²) in [6.07, 6.45) is 2.19. The van der Waals surface area contributed by atoms with Gasteiger partial charge in [-0.05, 0) is 59.6 Å². The minimum Gasteiger partial charge on any atom is -0.357 e. The van der Waals surface area contributed by atoms with Gasteiger partial charge in [0.25, 0.3) is 0 Å². The zero-order chi connectivity index (χ0) is 19.0. The molecule has 0 aliphatic carbocycles. The van der Waals surface area contributed by atoms with Crippen molar-refractivity contribution >= 4 is 35.8 Å². The number of halogens is 1. The van der Waals surface area contributed by atoms with Crippen LogP contribution in [-0.2, 0) is 0 Å². The molecule has 0 unspecified atom stereocenters. The minimum absolute atomic E-state index is 0. The summed E-state index contributed by atoms with van der Waals surface area (Å²) >= 11 is 0. The molecular formula is C20H37IN6. The van der Waals surface area contributed by atoms with E-state index < -0.39 is 0 Å². The van der Waals surface area contributed by atoms with Crippen molar-refractivity contribution in [1.29, 1.82) is 0 Å². The predicted octanol–water partition coefficient (Wildman–Crippen LogP) is 2.92. The van der Waals surface area contributed by atoms with Crippen molar-refractivity contribution in [3.8, 4) is 0 Å². The van der Waals surface area contributed by atoms with Crippen LogP contribution < -0.4 is 20.9 Å². The highest BCUT2D eigenvalue weighted by Gasteiger charge is 2.21. The lowest BCUT2D eigenvalue weighted by molar-refractivity contribution is 0.431. The van der Waals surface area contributed by atoms with Crippen LogP contribution in [0.25, 0.3) is 0 Å². The van der Waals surface area contributed by atoms with E-state index in [1.54, 1.807) is 0 Å². The van der Waals surface area contributed by atoms with Gasteiger partial charge in [0.1, 0.15) is 5.82 Å². The third kappa shape index (κ3) is 9.10. The number of aromatic nitrogens is 1. The van der Waals surface area contributed by atoms with Gasteiger partial charge >= 0.3 is 0 Å². The van der Waals surface area contributed by atoms with Gasteiger partial charge in [-0.15, -0.1) is 24.0 Å². The summed E-state index contributed by atoms with van der Waals surface area (Å²) in [7, 11) is 0. The zero-order valence-corrected chi connectivity index (χ0v) is 19.8. The first-order chi connectivity index (χ1) is 12.4. The van der Waals surface area contributed by atoms with Gasteiger partial charge in [0.15, 0.2) is 5.96 Å². The molecule has 0 radical (unpaired) electrons. The quantitative estimate of drug-likeness (QED) is 0.249. The molecule has 1 saturated heterocycles. The topological polar surface area (TPSA) is 64.6 Å². The number of aryl methyl sites for hydroxylation is 1. The maximum absolute atomic E-state index is 4.71. The second-order valence-electron chi connectivity index (χ2n) is 7.98. The average Bonchev–Trinajstić information content (AvgIpc) is 2.58. The van der Waals surface area contributed by atoms with Crippen molar-refractivity contribution in [1.82, 2.24) is 20.9 Å². The van der Waals surface area contributed by atoms with Crippen molar-refractivity contribution in [2.24, 2.45) is 4.99 Å². The Balaban J connectivity index is 0.00000364. The van der Waals surface area contributed by atoms with Crippen molar-refractivity contribution < 1.29 is 0 Å². The summed E-state index contributed by atoms with van der Waals surface area (Å²) in [4.78, 5) is 11.7. The van der Waals surface area contributed by atoms with Crippen molar-refractivity contribution in [3.63, 3.8) is 0 Å². The second-order valence-corrected chi connectivity index (χ2v) is 7.98. The van der Waals surface area contributed by atoms with E-state index >= 15 is 0 Å². The summed E-state index contributed by atoms with van der Waals surface area (Å²) in [5.74, 6) is 2.02. The zero-order valence-electron chi connectivity index (χ0n) is 17.5. The van der Waals surface area contributed by atoms with Gasteiger partial charge in [0, 0.05) is 43.5 Å². The number of hydrogen-bond acceptors (Lipinski definition) is 4. The number of rotatable bonds is 6. The molecule has 7 heteroatoms. The fraction of sp³-hybridized carbons (Fsp3) is 0.700. The lowest BCUT2D eigenvalue weighted by atomic mass is 10.1. The Kier molecular flexibility index (Phi) is 10.4. The van der Waals surface area contributed by atoms with Crippen molar-refractivity contribution in [2.45, 2.75) is 59.0 Å². The molecule has 1 aromatic heterocycles. The number of nitrogens with zero attached hydrogens (tertiary/aromatic N) is 3. The summed E-state index contributed by atoms with van der Waals surface area (Å²) in [6.45, 7) is 15.3. The molecule has 0 amide bonds. The Morgan fingerprint density at radius 3 is 2.56 bits per heavy atom. The molecule has 0 spiro atoms. The van der Waals surface area contributed by atoms with Crippen LogP contribution in [0, 0.1) is 6.92 Å². The number of piperidine rings is 1. The molecule has 2 rings (SSSR count). The van der Waals surface area contributed by atoms with Crippen LogP contribution in [0.4, 0.5) is 5.82 Å². The number of aliphatic imine (C=N–C) groups is 1. The Morgan fingerprint density at radius 1 is 1.26 bits per heavy atom. The second kappa shape index (κ2) is 11.7. The molecule has 2 heterocycles. The van der Waals surface area contributed by atoms with E-state index in [9.17, 15) is 0 Å². The summed E-state index contributed by atoms with van der Waals surface area (Å²) < 4.78 is 0. The maximum Gasteiger partial charge on any atom is 0.191 e. The first kappa shape index (κ1) is 23.9. The molecule has 0 aromatic carbocycles. The van der Waals surface area contributed by atoms with Crippen molar-refractivity contribution in [3.05, 3.63) is 23.9 Å². The third-order valence-electron chi connectivity index (χ3n) is 4.41. The van der Waals surface area contributed by atoms with Crippen LogP contribution >= 0.6 is 24.0 Å². The fourth-order valence-electron chi connectivity index (χ4n) is 3.07. The summed E-state index contributed by atoms with van der Waals surface area (Å²) in [6, 6.07) is 6.70. The lowest BCUT2D eigenvalue weighted by Crippen LogP contribution is -2.49. The molecule has 1 aliphatic heterocycles. The van der Waals surface area contributed by atoms with Gasteiger partial charge in [-0.25, -0.2) is 4.98 Å². The highest BCUT2D eigenvalue weighted by Crippen LogP contribution is 2.18. The first-order valence-electron chi connectivity index (χ1n) is 9.86. The van der Waals surface area contributed by atoms with Crippen LogP contribution in [0.2, 0.25) is 0 Å². The number of hydrogen-bond donors (Lipinski definition) is 3. The number of guanidine groups is 1. The van der Waals surface area contributed by atoms with Gasteiger partial charge in [-0.2, -0.15) is 0 Å². The largest absolute Gasteiger partial charge is 0.357 e. The van der Waals surface area contributed by atoms with E-state index in [1.165, 1.54) is 0 Å². The normalized spacial score (nSPS) is 16.0. The molecule has 3 N–H and O–H groups in total. The van der Waals surface area contributed by atoms with Crippen LogP contribution in [0.3, 0.4) is 0 Å². The molecule has 1 aromatic rings. The lowest BCUT2D eigenvalue weighted by Gasteiger charge is -2.34. The monoisotopic (exact) mass is 488 g/mol. The molecule has 154 valence electrons. The molecular weight excluding hydrogens is 451 g/mol. The smallest absolute Gasteiger partial charge is 0.191 e. The van der Waals surface area contributed by atoms with Gasteiger partial charge in [-0.3, -0.25) is 4.99 Å². The summed E-state index contributed by atoms with van der Waals surface area (Å²) in [5.41, 5.74) is 1.21. The first-order valence-corrected chi connectivity index (χ1v) is 9.86. The van der Waals surface area contributed by atoms with E-state index in [0.29, 0.717) is 6.04 Å². The standard InChI is InChI=1S/C20H36N6.HI/c1-6-21-19(22-12-13-23-20(3,4)5)25-17-10-14-26(15-11-17)18-9-7-8-16(2)24-18;/h7-9,17,23H,6,10-15H2,1-5H3,(H2,21,22,25);1H. The Bertz CT molecular complexity index is 576. The SMILES string of the molecule is CCNC(=NCCNC(C)(C)C)NC1CCN(c2cccc(C)n2)CC1.I. The molecule has 27 heavy (non-hydrogen) atoms. The van der Waals surface area contributed by atoms with Crippen LogP contribution in [0.5, 0.6) is 0 Å². The van der Waals surface area contributed by atoms with Gasteiger partial charge in [0.2, 0.25) is 0 Å². The maximum atomic E-state index is 4.71. The van der Waals surface area contributed by atoms with Crippen LogP contribution in [0.1, 0.15) is 46.2 Å². The molecule has 6 nitrogen and oxygen atoms in total. The third-order valence-corrected chi connectivity index (χ3v) is 4.41. The number of pyridine rings is 1. The van der Waals surface area contributed by atoms with Crippen molar-refractivity contribution in [2.75, 3.05) is 37.6 Å². The molecule has 1 aliphatic rings. The summed E-state index contributed by atoms with van der Waals surface area (Å²) in [5, 5.41) is 10.4. The fourth-order valence-corrected chi connectivity index (χ4v) is 3.07. The molecule has 0 bridgehead atoms. The van der Waals surface area contributed by atoms with E-state index in [2.05, 4.69) is 65.7 Å². The van der Waals surface area contributed by atoms with E-state index in [-0.39, 0.29) is 29.5 Å². The van der Waals surface area contributed by atoms with E-state index in [4.69, 9.17) is 4.99 Å². The predicted molar refractivity (Wildman–Crippen MR) is 126 cm³/mol.